The smallest absolute Gasteiger partial charge is 0.266 e. The summed E-state index contributed by atoms with van der Waals surface area (Å²) in [6.45, 7) is 5.31. The van der Waals surface area contributed by atoms with E-state index in [-0.39, 0.29) is 30.4 Å². The summed E-state index contributed by atoms with van der Waals surface area (Å²) in [5.41, 5.74) is 0.163. The Hall–Kier alpha value is -3.82. The van der Waals surface area contributed by atoms with E-state index in [0.717, 1.165) is 0 Å². The first-order valence-corrected chi connectivity index (χ1v) is 12.6. The highest BCUT2D eigenvalue weighted by atomic mass is 16.5. The lowest BCUT2D eigenvalue weighted by Crippen LogP contribution is -2.44. The van der Waals surface area contributed by atoms with Crippen molar-refractivity contribution in [1.82, 2.24) is 24.4 Å². The van der Waals surface area contributed by atoms with Crippen LogP contribution >= 0.6 is 0 Å². The van der Waals surface area contributed by atoms with Crippen LogP contribution in [0.3, 0.4) is 0 Å². The SMILES string of the molecule is CC(C)Oc1ccc(C(=O)Cn2ccnc2)cc1-n1c(CC2(O)CCNCC2)nc2ccccc2c1=O. The quantitative estimate of drug-likeness (QED) is 0.357. The first-order valence-electron chi connectivity index (χ1n) is 12.6. The number of piperidine rings is 1. The molecule has 5 rings (SSSR count). The number of aliphatic hydroxyl groups is 1. The highest BCUT2D eigenvalue weighted by Gasteiger charge is 2.32. The van der Waals surface area contributed by atoms with E-state index in [4.69, 9.17) is 9.72 Å². The summed E-state index contributed by atoms with van der Waals surface area (Å²) in [6.07, 6.45) is 6.07. The number of ether oxygens (including phenoxy) is 1. The van der Waals surface area contributed by atoms with Gasteiger partial charge in [-0.2, -0.15) is 0 Å². The molecule has 2 N–H and O–H groups in total. The maximum Gasteiger partial charge on any atom is 0.266 e. The standard InChI is InChI=1S/C28H31N5O4/c1-19(2)37-25-8-7-20(24(34)17-32-14-13-30-18-32)15-23(25)33-26(16-28(36)9-11-29-12-10-28)31-22-6-4-3-5-21(22)27(33)35/h3-8,13-15,18-19,29,36H,9-12,16-17H2,1-2H3. The summed E-state index contributed by atoms with van der Waals surface area (Å²) in [5, 5.41) is 15.1. The molecule has 0 radical (unpaired) electrons. The number of aromatic nitrogens is 4. The highest BCUT2D eigenvalue weighted by molar-refractivity contribution is 5.96. The lowest BCUT2D eigenvalue weighted by Gasteiger charge is -2.33. The fraction of sp³-hybridized carbons (Fsp3) is 0.357. The highest BCUT2D eigenvalue weighted by Crippen LogP contribution is 2.29. The van der Waals surface area contributed by atoms with Gasteiger partial charge in [-0.15, -0.1) is 0 Å². The van der Waals surface area contributed by atoms with E-state index in [0.29, 0.717) is 59.7 Å². The first kappa shape index (κ1) is 24.9. The summed E-state index contributed by atoms with van der Waals surface area (Å²) in [6, 6.07) is 12.3. The van der Waals surface area contributed by atoms with Crippen LogP contribution in [0, 0.1) is 0 Å². The number of carbonyl (C=O) groups excluding carboxylic acids is 1. The van der Waals surface area contributed by atoms with Crippen LogP contribution in [0.1, 0.15) is 42.9 Å². The van der Waals surface area contributed by atoms with E-state index < -0.39 is 5.60 Å². The average Bonchev–Trinajstić information content (AvgIpc) is 3.38. The van der Waals surface area contributed by atoms with Crippen LogP contribution in [0.4, 0.5) is 0 Å². The van der Waals surface area contributed by atoms with Gasteiger partial charge in [-0.25, -0.2) is 9.97 Å². The number of hydrogen-bond donors (Lipinski definition) is 2. The van der Waals surface area contributed by atoms with Crippen LogP contribution in [0.25, 0.3) is 16.6 Å². The predicted octanol–water partition coefficient (Wildman–Crippen LogP) is 2.91. The third kappa shape index (κ3) is 5.33. The number of carbonyl (C=O) groups is 1. The molecule has 0 amide bonds. The number of fused-ring (bicyclic) bond motifs is 1. The van der Waals surface area contributed by atoms with Gasteiger partial charge in [-0.1, -0.05) is 12.1 Å². The minimum atomic E-state index is -0.997. The molecule has 1 aliphatic heterocycles. The zero-order valence-corrected chi connectivity index (χ0v) is 21.1. The van der Waals surface area contributed by atoms with Crippen LogP contribution in [-0.2, 0) is 13.0 Å². The van der Waals surface area contributed by atoms with Gasteiger partial charge in [0.25, 0.3) is 5.56 Å². The third-order valence-corrected chi connectivity index (χ3v) is 6.64. The van der Waals surface area contributed by atoms with Crippen LogP contribution in [0.2, 0.25) is 0 Å². The molecule has 9 heteroatoms. The van der Waals surface area contributed by atoms with Crippen molar-refractivity contribution in [2.45, 2.75) is 51.4 Å². The van der Waals surface area contributed by atoms with Crippen molar-refractivity contribution in [3.63, 3.8) is 0 Å². The minimum Gasteiger partial charge on any atom is -0.489 e. The summed E-state index contributed by atoms with van der Waals surface area (Å²) in [4.78, 5) is 35.9. The molecule has 3 heterocycles. The Bertz CT molecular complexity index is 1470. The van der Waals surface area contributed by atoms with Crippen molar-refractivity contribution in [3.8, 4) is 11.4 Å². The normalized spacial score (nSPS) is 15.2. The molecule has 0 bridgehead atoms. The number of para-hydroxylation sites is 1. The van der Waals surface area contributed by atoms with Crippen LogP contribution < -0.4 is 15.6 Å². The van der Waals surface area contributed by atoms with E-state index in [1.165, 1.54) is 4.57 Å². The van der Waals surface area contributed by atoms with Crippen LogP contribution in [-0.4, -0.2) is 54.8 Å². The molecule has 0 spiro atoms. The van der Waals surface area contributed by atoms with E-state index in [9.17, 15) is 14.7 Å². The summed E-state index contributed by atoms with van der Waals surface area (Å²) < 4.78 is 9.30. The van der Waals surface area contributed by atoms with Crippen molar-refractivity contribution < 1.29 is 14.6 Å². The Morgan fingerprint density at radius 2 is 1.97 bits per heavy atom. The van der Waals surface area contributed by atoms with Gasteiger partial charge < -0.3 is 19.7 Å². The molecule has 0 saturated carbocycles. The molecule has 1 fully saturated rings. The zero-order valence-electron chi connectivity index (χ0n) is 21.1. The molecular formula is C28H31N5O4. The first-order chi connectivity index (χ1) is 17.8. The summed E-state index contributed by atoms with van der Waals surface area (Å²) in [5.74, 6) is 0.767. The lowest BCUT2D eigenvalue weighted by atomic mass is 9.88. The van der Waals surface area contributed by atoms with Crippen molar-refractivity contribution in [1.29, 1.82) is 0 Å². The molecule has 9 nitrogen and oxygen atoms in total. The molecule has 1 saturated heterocycles. The van der Waals surface area contributed by atoms with Gasteiger partial charge in [0.1, 0.15) is 11.6 Å². The molecule has 2 aromatic carbocycles. The number of hydrogen-bond acceptors (Lipinski definition) is 7. The van der Waals surface area contributed by atoms with Crippen LogP contribution in [0.5, 0.6) is 5.75 Å². The number of nitrogens with one attached hydrogen (secondary N) is 1. The topological polar surface area (TPSA) is 111 Å². The summed E-state index contributed by atoms with van der Waals surface area (Å²) in [7, 11) is 0. The molecule has 4 aromatic rings. The van der Waals surface area contributed by atoms with Gasteiger partial charge >= 0.3 is 0 Å². The number of imidazole rings is 1. The fourth-order valence-corrected chi connectivity index (χ4v) is 4.77. The van der Waals surface area contributed by atoms with Crippen LogP contribution in [0.15, 0.2) is 66.0 Å². The molecular weight excluding hydrogens is 470 g/mol. The largest absolute Gasteiger partial charge is 0.489 e. The van der Waals surface area contributed by atoms with E-state index in [1.54, 1.807) is 59.7 Å². The number of rotatable bonds is 8. The summed E-state index contributed by atoms with van der Waals surface area (Å²) >= 11 is 0. The second-order valence-electron chi connectivity index (χ2n) is 9.84. The van der Waals surface area contributed by atoms with Crippen molar-refractivity contribution in [3.05, 3.63) is 82.9 Å². The third-order valence-electron chi connectivity index (χ3n) is 6.64. The van der Waals surface area contributed by atoms with Gasteiger partial charge in [0.2, 0.25) is 0 Å². The van der Waals surface area contributed by atoms with Gasteiger partial charge in [0, 0.05) is 24.4 Å². The fourth-order valence-electron chi connectivity index (χ4n) is 4.77. The Balaban J connectivity index is 1.68. The number of Topliss-reactive ketones (excluding diaryl/α,β-unsaturated/α-hetero) is 1. The van der Waals surface area contributed by atoms with E-state index in [2.05, 4.69) is 10.3 Å². The van der Waals surface area contributed by atoms with Crippen molar-refractivity contribution >= 4 is 16.7 Å². The molecule has 1 aliphatic rings. The van der Waals surface area contributed by atoms with Crippen molar-refractivity contribution in [2.75, 3.05) is 13.1 Å². The molecule has 192 valence electrons. The molecule has 0 unspecified atom stereocenters. The molecule has 2 aromatic heterocycles. The Morgan fingerprint density at radius 1 is 1.19 bits per heavy atom. The average molecular weight is 502 g/mol. The maximum atomic E-state index is 13.9. The van der Waals surface area contributed by atoms with E-state index in [1.807, 2.05) is 19.9 Å². The second-order valence-corrected chi connectivity index (χ2v) is 9.84. The Morgan fingerprint density at radius 3 is 2.70 bits per heavy atom. The van der Waals surface area contributed by atoms with E-state index >= 15 is 0 Å². The number of ketones is 1. The second kappa shape index (κ2) is 10.3. The van der Waals surface area contributed by atoms with Crippen molar-refractivity contribution in [2.24, 2.45) is 0 Å². The lowest BCUT2D eigenvalue weighted by molar-refractivity contribution is 0.00862. The Labute approximate surface area is 214 Å². The molecule has 0 atom stereocenters. The van der Waals surface area contributed by atoms with Gasteiger partial charge in [-0.3, -0.25) is 14.2 Å². The molecule has 0 aliphatic carbocycles. The van der Waals surface area contributed by atoms with Gasteiger partial charge in [0.15, 0.2) is 5.78 Å². The van der Waals surface area contributed by atoms with Gasteiger partial charge in [-0.05, 0) is 70.1 Å². The molecule has 37 heavy (non-hydrogen) atoms. The number of benzene rings is 2. The van der Waals surface area contributed by atoms with Gasteiger partial charge in [0.05, 0.1) is 41.2 Å². The number of nitrogens with zero attached hydrogens (tertiary/aromatic N) is 4. The Kier molecular flexibility index (Phi) is 6.90. The predicted molar refractivity (Wildman–Crippen MR) is 140 cm³/mol. The zero-order chi connectivity index (χ0) is 26.0. The minimum absolute atomic E-state index is 0.119. The maximum absolute atomic E-state index is 13.9. The monoisotopic (exact) mass is 501 g/mol.